The Morgan fingerprint density at radius 2 is 2.11 bits per heavy atom. The molecule has 0 amide bonds. The van der Waals surface area contributed by atoms with E-state index >= 15 is 0 Å². The predicted molar refractivity (Wildman–Crippen MR) is 73.0 cm³/mol. The maximum absolute atomic E-state index is 4.74. The summed E-state index contributed by atoms with van der Waals surface area (Å²) in [5.74, 6) is 0. The van der Waals surface area contributed by atoms with Crippen LogP contribution in [0.3, 0.4) is 0 Å². The summed E-state index contributed by atoms with van der Waals surface area (Å²) in [5, 5.41) is 4.40. The van der Waals surface area contributed by atoms with Gasteiger partial charge in [0.1, 0.15) is 5.51 Å². The Morgan fingerprint density at radius 1 is 1.28 bits per heavy atom. The van der Waals surface area contributed by atoms with Crippen molar-refractivity contribution in [2.24, 2.45) is 0 Å². The van der Waals surface area contributed by atoms with Crippen molar-refractivity contribution in [3.63, 3.8) is 0 Å². The lowest BCUT2D eigenvalue weighted by Crippen LogP contribution is -2.26. The minimum absolute atomic E-state index is 0.142. The van der Waals surface area contributed by atoms with Gasteiger partial charge in [-0.3, -0.25) is 0 Å². The maximum atomic E-state index is 4.74. The molecule has 0 aliphatic heterocycles. The molecule has 4 heteroatoms. The molecule has 0 bridgehead atoms. The Kier molecular flexibility index (Phi) is 1.83. The highest BCUT2D eigenvalue weighted by atomic mass is 32.1. The van der Waals surface area contributed by atoms with E-state index in [1.807, 2.05) is 10.0 Å². The first-order valence-electron chi connectivity index (χ1n) is 6.08. The Morgan fingerprint density at radius 3 is 3.00 bits per heavy atom. The summed E-state index contributed by atoms with van der Waals surface area (Å²) in [6, 6.07) is 8.60. The number of aromatic nitrogens is 3. The highest BCUT2D eigenvalue weighted by molar-refractivity contribution is 7.14. The Hall–Kier alpha value is -1.68. The molecule has 0 spiro atoms. The minimum atomic E-state index is 0.142. The number of nitrogens with zero attached hydrogens (tertiary/aromatic N) is 3. The molecule has 3 aromatic rings. The Bertz CT molecular complexity index is 751. The van der Waals surface area contributed by atoms with Crippen LogP contribution in [0.4, 0.5) is 0 Å². The van der Waals surface area contributed by atoms with E-state index in [1.165, 1.54) is 16.8 Å². The average Bonchev–Trinajstić information content (AvgIpc) is 2.91. The van der Waals surface area contributed by atoms with E-state index in [4.69, 9.17) is 4.98 Å². The van der Waals surface area contributed by atoms with Crippen LogP contribution in [0.15, 0.2) is 29.8 Å². The number of hydrogen-bond donors (Lipinski definition) is 0. The Labute approximate surface area is 109 Å². The van der Waals surface area contributed by atoms with Crippen LogP contribution in [-0.2, 0) is 11.8 Å². The second-order valence-electron chi connectivity index (χ2n) is 5.45. The standard InChI is InChI=1S/C14H13N3S/c1-14(2)7-11-12(9-5-3-4-6-10(9)14)16-13-17(11)15-8-18-13/h3-6,8H,7H2,1-2H3. The van der Waals surface area contributed by atoms with Crippen molar-refractivity contribution < 1.29 is 0 Å². The molecule has 0 N–H and O–H groups in total. The van der Waals surface area contributed by atoms with E-state index in [-0.39, 0.29) is 5.41 Å². The summed E-state index contributed by atoms with van der Waals surface area (Å²) < 4.78 is 2.00. The zero-order valence-corrected chi connectivity index (χ0v) is 11.2. The van der Waals surface area contributed by atoms with Crippen LogP contribution in [0.25, 0.3) is 16.2 Å². The van der Waals surface area contributed by atoms with Gasteiger partial charge in [0.25, 0.3) is 0 Å². The summed E-state index contributed by atoms with van der Waals surface area (Å²) in [6.45, 7) is 4.58. The number of benzene rings is 1. The van der Waals surface area contributed by atoms with Crippen LogP contribution in [0.5, 0.6) is 0 Å². The number of rotatable bonds is 0. The molecule has 0 saturated carbocycles. The number of fused-ring (bicyclic) bond motifs is 5. The van der Waals surface area contributed by atoms with Gasteiger partial charge in [0.05, 0.1) is 11.4 Å². The summed E-state index contributed by atoms with van der Waals surface area (Å²) in [7, 11) is 0. The lowest BCUT2D eigenvalue weighted by Gasteiger charge is -2.31. The van der Waals surface area contributed by atoms with E-state index in [1.54, 1.807) is 11.3 Å². The van der Waals surface area contributed by atoms with Crippen molar-refractivity contribution in [3.8, 4) is 11.3 Å². The molecule has 0 unspecified atom stereocenters. The highest BCUT2D eigenvalue weighted by Crippen LogP contribution is 2.42. The van der Waals surface area contributed by atoms with Gasteiger partial charge >= 0.3 is 0 Å². The fraction of sp³-hybridized carbons (Fsp3) is 0.286. The van der Waals surface area contributed by atoms with Crippen molar-refractivity contribution in [1.29, 1.82) is 0 Å². The first-order chi connectivity index (χ1) is 8.67. The van der Waals surface area contributed by atoms with E-state index in [9.17, 15) is 0 Å². The van der Waals surface area contributed by atoms with E-state index in [0.29, 0.717) is 0 Å². The van der Waals surface area contributed by atoms with Crippen molar-refractivity contribution in [3.05, 3.63) is 41.0 Å². The van der Waals surface area contributed by atoms with Crippen LogP contribution in [0, 0.1) is 0 Å². The molecule has 0 radical (unpaired) electrons. The zero-order valence-electron chi connectivity index (χ0n) is 10.3. The normalized spacial score (nSPS) is 16.6. The summed E-state index contributed by atoms with van der Waals surface area (Å²) in [5.41, 5.74) is 7.02. The molecule has 90 valence electrons. The average molecular weight is 255 g/mol. The van der Waals surface area contributed by atoms with Crippen LogP contribution in [0.1, 0.15) is 25.1 Å². The van der Waals surface area contributed by atoms with Gasteiger partial charge in [-0.15, -0.1) is 0 Å². The van der Waals surface area contributed by atoms with Gasteiger partial charge in [0, 0.05) is 12.0 Å². The largest absolute Gasteiger partial charge is 0.217 e. The summed E-state index contributed by atoms with van der Waals surface area (Å²) in [6.07, 6.45) is 0.990. The van der Waals surface area contributed by atoms with Crippen molar-refractivity contribution in [1.82, 2.24) is 14.6 Å². The first kappa shape index (κ1) is 10.3. The molecular formula is C14H13N3S. The highest BCUT2D eigenvalue weighted by Gasteiger charge is 2.34. The topological polar surface area (TPSA) is 30.2 Å². The third-order valence-electron chi connectivity index (χ3n) is 3.76. The first-order valence-corrected chi connectivity index (χ1v) is 6.96. The molecule has 1 aliphatic rings. The van der Waals surface area contributed by atoms with Crippen LogP contribution >= 0.6 is 11.3 Å². The molecule has 1 aliphatic carbocycles. The Balaban J connectivity index is 2.12. The van der Waals surface area contributed by atoms with Gasteiger partial charge in [0.2, 0.25) is 4.96 Å². The molecule has 1 aromatic carbocycles. The van der Waals surface area contributed by atoms with Crippen molar-refractivity contribution >= 4 is 16.3 Å². The van der Waals surface area contributed by atoms with Gasteiger partial charge in [-0.1, -0.05) is 49.4 Å². The van der Waals surface area contributed by atoms with Crippen LogP contribution in [0.2, 0.25) is 0 Å². The molecule has 2 heterocycles. The van der Waals surface area contributed by atoms with Crippen LogP contribution in [-0.4, -0.2) is 14.6 Å². The predicted octanol–water partition coefficient (Wildman–Crippen LogP) is 3.29. The van der Waals surface area contributed by atoms with Gasteiger partial charge in [-0.05, 0) is 11.0 Å². The monoisotopic (exact) mass is 255 g/mol. The summed E-state index contributed by atoms with van der Waals surface area (Å²) in [4.78, 5) is 5.73. The number of imidazole rings is 1. The molecule has 2 aromatic heterocycles. The van der Waals surface area contributed by atoms with Gasteiger partial charge in [-0.2, -0.15) is 5.10 Å². The van der Waals surface area contributed by atoms with Gasteiger partial charge < -0.3 is 0 Å². The second kappa shape index (κ2) is 3.20. The molecule has 0 atom stereocenters. The van der Waals surface area contributed by atoms with Crippen molar-refractivity contribution in [2.45, 2.75) is 25.7 Å². The quantitative estimate of drug-likeness (QED) is 0.617. The number of hydrogen-bond acceptors (Lipinski definition) is 3. The van der Waals surface area contributed by atoms with E-state index < -0.39 is 0 Å². The fourth-order valence-electron chi connectivity index (χ4n) is 2.90. The second-order valence-corrected chi connectivity index (χ2v) is 6.26. The van der Waals surface area contributed by atoms with Crippen molar-refractivity contribution in [2.75, 3.05) is 0 Å². The SMILES string of the molecule is CC1(C)Cc2c(nc3scnn23)-c2ccccc21. The molecule has 0 fully saturated rings. The smallest absolute Gasteiger partial charge is 0.212 e. The fourth-order valence-corrected chi connectivity index (χ4v) is 3.54. The molecule has 0 saturated heterocycles. The minimum Gasteiger partial charge on any atom is -0.217 e. The molecule has 3 nitrogen and oxygen atoms in total. The molecular weight excluding hydrogens is 242 g/mol. The van der Waals surface area contributed by atoms with E-state index in [0.717, 1.165) is 17.1 Å². The summed E-state index contributed by atoms with van der Waals surface area (Å²) >= 11 is 1.60. The molecule has 18 heavy (non-hydrogen) atoms. The third-order valence-corrected chi connectivity index (χ3v) is 4.43. The lowest BCUT2D eigenvalue weighted by atomic mass is 9.73. The molecule has 4 rings (SSSR count). The third kappa shape index (κ3) is 1.18. The lowest BCUT2D eigenvalue weighted by molar-refractivity contribution is 0.504. The van der Waals surface area contributed by atoms with Crippen LogP contribution < -0.4 is 0 Å². The zero-order chi connectivity index (χ0) is 12.3. The van der Waals surface area contributed by atoms with Gasteiger partial charge in [-0.25, -0.2) is 9.50 Å². The maximum Gasteiger partial charge on any atom is 0.212 e. The van der Waals surface area contributed by atoms with Gasteiger partial charge in [0.15, 0.2) is 0 Å². The van der Waals surface area contributed by atoms with E-state index in [2.05, 4.69) is 43.2 Å².